The molecule has 1 heterocycles. The van der Waals surface area contributed by atoms with Crippen LogP contribution in [0.3, 0.4) is 0 Å². The van der Waals surface area contributed by atoms with Crippen molar-refractivity contribution in [2.24, 2.45) is 0 Å². The van der Waals surface area contributed by atoms with E-state index in [1.54, 1.807) is 6.20 Å². The second-order valence-corrected chi connectivity index (χ2v) is 4.44. The van der Waals surface area contributed by atoms with Gasteiger partial charge in [0.25, 0.3) is 0 Å². The van der Waals surface area contributed by atoms with Crippen molar-refractivity contribution >= 4 is 22.9 Å². The van der Waals surface area contributed by atoms with Crippen molar-refractivity contribution in [1.29, 1.82) is 0 Å². The molecule has 0 fully saturated rings. The molecule has 2 N–H and O–H groups in total. The maximum Gasteiger partial charge on any atom is 0.123 e. The van der Waals surface area contributed by atoms with Gasteiger partial charge < -0.3 is 10.6 Å². The number of hydrogen-bond acceptors (Lipinski definition) is 2. The average molecular weight is 248 g/mol. The molecule has 0 amide bonds. The SMILES string of the molecule is CC1(C(=S)Nc2ccccc2)C=C(F)C=CN1. The number of allylic oxidation sites excluding steroid dienone is 2. The molecule has 1 aromatic carbocycles. The highest BCUT2D eigenvalue weighted by atomic mass is 32.1. The van der Waals surface area contributed by atoms with E-state index in [0.717, 1.165) is 5.69 Å². The van der Waals surface area contributed by atoms with Gasteiger partial charge in [-0.2, -0.15) is 0 Å². The monoisotopic (exact) mass is 248 g/mol. The Bertz CT molecular complexity index is 481. The molecule has 0 bridgehead atoms. The molecule has 0 radical (unpaired) electrons. The van der Waals surface area contributed by atoms with Crippen LogP contribution in [0, 0.1) is 0 Å². The van der Waals surface area contributed by atoms with E-state index < -0.39 is 5.54 Å². The molecule has 2 nitrogen and oxygen atoms in total. The van der Waals surface area contributed by atoms with Gasteiger partial charge in [-0.05, 0) is 31.2 Å². The fourth-order valence-corrected chi connectivity index (χ4v) is 1.81. The number of nitrogens with one attached hydrogen (secondary N) is 2. The van der Waals surface area contributed by atoms with Crippen molar-refractivity contribution < 1.29 is 4.39 Å². The molecule has 4 heteroatoms. The van der Waals surface area contributed by atoms with Crippen LogP contribution in [0.25, 0.3) is 0 Å². The van der Waals surface area contributed by atoms with Crippen LogP contribution >= 0.6 is 12.2 Å². The van der Waals surface area contributed by atoms with E-state index in [-0.39, 0.29) is 5.83 Å². The molecule has 1 aliphatic rings. The van der Waals surface area contributed by atoms with Crippen molar-refractivity contribution in [2.75, 3.05) is 5.32 Å². The lowest BCUT2D eigenvalue weighted by molar-refractivity contribution is 0.587. The second kappa shape index (κ2) is 4.67. The van der Waals surface area contributed by atoms with Crippen LogP contribution in [-0.4, -0.2) is 10.5 Å². The van der Waals surface area contributed by atoms with Crippen molar-refractivity contribution in [3.05, 3.63) is 54.5 Å². The number of rotatable bonds is 2. The molecule has 0 aliphatic carbocycles. The molecule has 17 heavy (non-hydrogen) atoms. The quantitative estimate of drug-likeness (QED) is 0.786. The molecule has 1 aliphatic heterocycles. The van der Waals surface area contributed by atoms with E-state index in [1.807, 2.05) is 37.3 Å². The molecule has 88 valence electrons. The number of thiocarbonyl (C=S) groups is 1. The van der Waals surface area contributed by atoms with Gasteiger partial charge in [0.1, 0.15) is 16.4 Å². The summed E-state index contributed by atoms with van der Waals surface area (Å²) in [6, 6.07) is 9.58. The van der Waals surface area contributed by atoms with Gasteiger partial charge in [-0.15, -0.1) is 0 Å². The van der Waals surface area contributed by atoms with Gasteiger partial charge in [-0.25, -0.2) is 4.39 Å². The number of para-hydroxylation sites is 1. The van der Waals surface area contributed by atoms with Gasteiger partial charge >= 0.3 is 0 Å². The number of anilines is 1. The first-order chi connectivity index (χ1) is 8.10. The molecule has 1 aromatic rings. The summed E-state index contributed by atoms with van der Waals surface area (Å²) in [4.78, 5) is 0.531. The standard InChI is InChI=1S/C13H13FN2S/c1-13(9-10(14)7-8-15-13)12(17)16-11-5-3-2-4-6-11/h2-9,15H,1H3,(H,16,17). The Morgan fingerprint density at radius 3 is 2.71 bits per heavy atom. The lowest BCUT2D eigenvalue weighted by atomic mass is 9.99. The Morgan fingerprint density at radius 2 is 2.06 bits per heavy atom. The van der Waals surface area contributed by atoms with Crippen LogP contribution in [0.1, 0.15) is 6.92 Å². The van der Waals surface area contributed by atoms with Gasteiger partial charge in [0, 0.05) is 11.9 Å². The van der Waals surface area contributed by atoms with E-state index in [1.165, 1.54) is 12.2 Å². The molecule has 0 saturated carbocycles. The van der Waals surface area contributed by atoms with Crippen LogP contribution in [0.15, 0.2) is 54.5 Å². The first-order valence-corrected chi connectivity index (χ1v) is 5.70. The lowest BCUT2D eigenvalue weighted by Gasteiger charge is -2.30. The minimum atomic E-state index is -0.690. The summed E-state index contributed by atoms with van der Waals surface area (Å²) in [5, 5.41) is 6.14. The average Bonchev–Trinajstić information content (AvgIpc) is 2.30. The highest BCUT2D eigenvalue weighted by Crippen LogP contribution is 2.19. The summed E-state index contributed by atoms with van der Waals surface area (Å²) in [6.45, 7) is 1.83. The zero-order valence-corrected chi connectivity index (χ0v) is 10.2. The van der Waals surface area contributed by atoms with E-state index >= 15 is 0 Å². The fraction of sp³-hybridized carbons (Fsp3) is 0.154. The highest BCUT2D eigenvalue weighted by molar-refractivity contribution is 7.80. The maximum absolute atomic E-state index is 13.2. The number of halogens is 1. The lowest BCUT2D eigenvalue weighted by Crippen LogP contribution is -2.48. The number of hydrogen-bond donors (Lipinski definition) is 2. The van der Waals surface area contributed by atoms with Gasteiger partial charge in [0.15, 0.2) is 0 Å². The molecular weight excluding hydrogens is 235 g/mol. The second-order valence-electron chi connectivity index (χ2n) is 4.03. The van der Waals surface area contributed by atoms with Gasteiger partial charge in [-0.3, -0.25) is 0 Å². The Kier molecular flexibility index (Phi) is 3.24. The molecule has 1 atom stereocenters. The smallest absolute Gasteiger partial charge is 0.123 e. The summed E-state index contributed by atoms with van der Waals surface area (Å²) >= 11 is 5.30. The third kappa shape index (κ3) is 2.71. The molecule has 1 unspecified atom stereocenters. The van der Waals surface area contributed by atoms with Crippen LogP contribution < -0.4 is 10.6 Å². The molecule has 0 spiro atoms. The van der Waals surface area contributed by atoms with E-state index in [4.69, 9.17) is 12.2 Å². The summed E-state index contributed by atoms with van der Waals surface area (Å²) in [5.41, 5.74) is 0.202. The Hall–Kier alpha value is -1.68. The van der Waals surface area contributed by atoms with Crippen molar-refractivity contribution in [3.8, 4) is 0 Å². The van der Waals surface area contributed by atoms with Crippen LogP contribution in [0.5, 0.6) is 0 Å². The van der Waals surface area contributed by atoms with Crippen LogP contribution in [-0.2, 0) is 0 Å². The zero-order chi connectivity index (χ0) is 12.3. The third-order valence-electron chi connectivity index (χ3n) is 2.56. The Labute approximate surface area is 105 Å². The predicted octanol–water partition coefficient (Wildman–Crippen LogP) is 3.15. The normalized spacial score (nSPS) is 22.6. The molecule has 2 rings (SSSR count). The Morgan fingerprint density at radius 1 is 1.35 bits per heavy atom. The minimum absolute atomic E-state index is 0.288. The minimum Gasteiger partial charge on any atom is -0.376 e. The fourth-order valence-electron chi connectivity index (χ4n) is 1.57. The van der Waals surface area contributed by atoms with Crippen molar-refractivity contribution in [1.82, 2.24) is 5.32 Å². The van der Waals surface area contributed by atoms with Gasteiger partial charge in [0.05, 0.1) is 0 Å². The summed E-state index contributed by atoms with van der Waals surface area (Å²) in [6.07, 6.45) is 4.40. The Balaban J connectivity index is 2.13. The van der Waals surface area contributed by atoms with E-state index in [2.05, 4.69) is 10.6 Å². The topological polar surface area (TPSA) is 24.1 Å². The first kappa shape index (κ1) is 11.8. The van der Waals surface area contributed by atoms with Crippen molar-refractivity contribution in [2.45, 2.75) is 12.5 Å². The van der Waals surface area contributed by atoms with Gasteiger partial charge in [-0.1, -0.05) is 30.4 Å². The summed E-state index contributed by atoms with van der Waals surface area (Å²) in [7, 11) is 0. The predicted molar refractivity (Wildman–Crippen MR) is 72.5 cm³/mol. The maximum atomic E-state index is 13.2. The summed E-state index contributed by atoms with van der Waals surface area (Å²) in [5.74, 6) is -0.288. The molecule has 0 saturated heterocycles. The number of dihydropyridines is 1. The van der Waals surface area contributed by atoms with Crippen LogP contribution in [0.2, 0.25) is 0 Å². The molecular formula is C13H13FN2S. The third-order valence-corrected chi connectivity index (χ3v) is 3.08. The number of benzene rings is 1. The van der Waals surface area contributed by atoms with Gasteiger partial charge in [0.2, 0.25) is 0 Å². The van der Waals surface area contributed by atoms with E-state index in [0.29, 0.717) is 4.99 Å². The summed E-state index contributed by atoms with van der Waals surface area (Å²) < 4.78 is 13.2. The highest BCUT2D eigenvalue weighted by Gasteiger charge is 2.28. The molecule has 0 aromatic heterocycles. The first-order valence-electron chi connectivity index (χ1n) is 5.29. The van der Waals surface area contributed by atoms with E-state index in [9.17, 15) is 4.39 Å². The zero-order valence-electron chi connectivity index (χ0n) is 9.41. The largest absolute Gasteiger partial charge is 0.376 e. The van der Waals surface area contributed by atoms with Crippen LogP contribution in [0.4, 0.5) is 10.1 Å². The van der Waals surface area contributed by atoms with Crippen molar-refractivity contribution in [3.63, 3.8) is 0 Å².